The Labute approximate surface area is 156 Å². The number of hydrogen-bond acceptors (Lipinski definition) is 3. The van der Waals surface area contributed by atoms with E-state index in [-0.39, 0.29) is 5.82 Å². The van der Waals surface area contributed by atoms with Crippen LogP contribution < -0.4 is 10.4 Å². The van der Waals surface area contributed by atoms with Gasteiger partial charge in [0, 0.05) is 35.4 Å². The van der Waals surface area contributed by atoms with Crippen LogP contribution >= 0.6 is 23.2 Å². The number of nitrogens with one attached hydrogen (secondary N) is 1. The number of nitrogens with zero attached hydrogens (tertiary/aromatic N) is 2. The van der Waals surface area contributed by atoms with Gasteiger partial charge in [-0.3, -0.25) is 9.91 Å². The summed E-state index contributed by atoms with van der Waals surface area (Å²) in [6, 6.07) is 12.7. The van der Waals surface area contributed by atoms with E-state index in [1.54, 1.807) is 12.1 Å². The van der Waals surface area contributed by atoms with Crippen molar-refractivity contribution in [2.24, 2.45) is 0 Å². The third-order valence-electron chi connectivity index (χ3n) is 4.65. The average molecular weight is 378 g/mol. The van der Waals surface area contributed by atoms with Crippen molar-refractivity contribution in [3.63, 3.8) is 0 Å². The quantitative estimate of drug-likeness (QED) is 0.841. The zero-order valence-corrected chi connectivity index (χ0v) is 15.1. The first-order valence-electron chi connectivity index (χ1n) is 8.25. The predicted molar refractivity (Wildman–Crippen MR) is 100 cm³/mol. The molecule has 0 fully saturated rings. The van der Waals surface area contributed by atoms with Crippen LogP contribution in [0.3, 0.4) is 0 Å². The lowest BCUT2D eigenvalue weighted by Gasteiger charge is -2.28. The Morgan fingerprint density at radius 3 is 2.68 bits per heavy atom. The number of hydrogen-bond donors (Lipinski definition) is 1. The van der Waals surface area contributed by atoms with Crippen LogP contribution in [0, 0.1) is 5.82 Å². The Morgan fingerprint density at radius 2 is 1.88 bits per heavy atom. The van der Waals surface area contributed by atoms with Crippen molar-refractivity contribution < 1.29 is 4.39 Å². The van der Waals surface area contributed by atoms with E-state index in [1.165, 1.54) is 22.9 Å². The summed E-state index contributed by atoms with van der Waals surface area (Å²) < 4.78 is 14.2. The van der Waals surface area contributed by atoms with E-state index in [4.69, 9.17) is 23.2 Å². The molecule has 2 aromatic carbocycles. The highest BCUT2D eigenvalue weighted by atomic mass is 35.5. The minimum absolute atomic E-state index is 0.310. The maximum Gasteiger partial charge on any atom is 0.149 e. The molecular formula is C19H18Cl2FN3. The summed E-state index contributed by atoms with van der Waals surface area (Å²) in [6.07, 6.45) is 0.981. The van der Waals surface area contributed by atoms with E-state index >= 15 is 0 Å². The Balaban J connectivity index is 1.44. The van der Waals surface area contributed by atoms with Gasteiger partial charge in [-0.2, -0.15) is 0 Å². The molecule has 2 heterocycles. The van der Waals surface area contributed by atoms with Gasteiger partial charge in [0.15, 0.2) is 0 Å². The van der Waals surface area contributed by atoms with Crippen molar-refractivity contribution in [1.82, 2.24) is 10.3 Å². The third-order valence-corrected chi connectivity index (χ3v) is 5.12. The SMILES string of the molecule is Fc1cc(Cl)ccc1N1CC2=C(CN(Cc3cccc(Cl)c3)CC2)N1. The van der Waals surface area contributed by atoms with E-state index in [2.05, 4.69) is 16.4 Å². The van der Waals surface area contributed by atoms with Crippen molar-refractivity contribution in [2.45, 2.75) is 13.0 Å². The summed E-state index contributed by atoms with van der Waals surface area (Å²) in [5.74, 6) is -0.310. The molecule has 2 aromatic rings. The molecule has 25 heavy (non-hydrogen) atoms. The molecule has 0 bridgehead atoms. The van der Waals surface area contributed by atoms with Gasteiger partial charge >= 0.3 is 0 Å². The minimum atomic E-state index is -0.310. The molecule has 0 unspecified atom stereocenters. The fourth-order valence-corrected chi connectivity index (χ4v) is 3.79. The second-order valence-electron chi connectivity index (χ2n) is 6.47. The van der Waals surface area contributed by atoms with E-state index in [0.717, 1.165) is 31.1 Å². The average Bonchev–Trinajstić information content (AvgIpc) is 2.97. The summed E-state index contributed by atoms with van der Waals surface area (Å²) in [7, 11) is 0. The molecule has 2 aliphatic rings. The first-order chi connectivity index (χ1) is 12.1. The van der Waals surface area contributed by atoms with Crippen LogP contribution in [0.15, 0.2) is 53.7 Å². The Bertz CT molecular complexity index is 837. The van der Waals surface area contributed by atoms with Crippen LogP contribution in [0.5, 0.6) is 0 Å². The zero-order valence-electron chi connectivity index (χ0n) is 13.6. The summed E-state index contributed by atoms with van der Waals surface area (Å²) >= 11 is 11.9. The van der Waals surface area contributed by atoms with Crippen molar-refractivity contribution in [3.05, 3.63) is 75.2 Å². The smallest absolute Gasteiger partial charge is 0.149 e. The third kappa shape index (κ3) is 3.61. The van der Waals surface area contributed by atoms with Crippen LogP contribution in [-0.2, 0) is 6.54 Å². The number of benzene rings is 2. The van der Waals surface area contributed by atoms with Gasteiger partial charge in [-0.25, -0.2) is 4.39 Å². The van der Waals surface area contributed by atoms with Gasteiger partial charge in [-0.15, -0.1) is 0 Å². The van der Waals surface area contributed by atoms with Gasteiger partial charge in [0.25, 0.3) is 0 Å². The van der Waals surface area contributed by atoms with Crippen molar-refractivity contribution in [1.29, 1.82) is 0 Å². The highest BCUT2D eigenvalue weighted by molar-refractivity contribution is 6.30. The van der Waals surface area contributed by atoms with Crippen LogP contribution in [0.2, 0.25) is 10.0 Å². The van der Waals surface area contributed by atoms with E-state index in [9.17, 15) is 4.39 Å². The van der Waals surface area contributed by atoms with Crippen LogP contribution in [0.4, 0.5) is 10.1 Å². The van der Waals surface area contributed by atoms with E-state index in [0.29, 0.717) is 17.3 Å². The molecule has 4 rings (SSSR count). The standard InChI is InChI=1S/C19H18Cl2FN3/c20-15-3-1-2-13(8-15)10-24-7-6-14-11-25(23-18(14)12-24)19-5-4-16(21)9-17(19)22/h1-5,8-9,23H,6-7,10-12H2. The summed E-state index contributed by atoms with van der Waals surface area (Å²) in [5, 5.41) is 3.03. The first kappa shape index (κ1) is 16.7. The molecule has 0 aromatic heterocycles. The predicted octanol–water partition coefficient (Wildman–Crippen LogP) is 4.62. The molecule has 0 saturated carbocycles. The lowest BCUT2D eigenvalue weighted by Crippen LogP contribution is -2.37. The summed E-state index contributed by atoms with van der Waals surface area (Å²) in [5.41, 5.74) is 7.60. The molecule has 0 spiro atoms. The highest BCUT2D eigenvalue weighted by Crippen LogP contribution is 2.29. The Hall–Kier alpha value is -1.75. The topological polar surface area (TPSA) is 18.5 Å². The van der Waals surface area contributed by atoms with Crippen molar-refractivity contribution in [3.8, 4) is 0 Å². The molecular weight excluding hydrogens is 360 g/mol. The molecule has 130 valence electrons. The molecule has 6 heteroatoms. The number of rotatable bonds is 3. The van der Waals surface area contributed by atoms with E-state index in [1.807, 2.05) is 23.2 Å². The number of anilines is 1. The second-order valence-corrected chi connectivity index (χ2v) is 7.34. The summed E-state index contributed by atoms with van der Waals surface area (Å²) in [6.45, 7) is 3.38. The highest BCUT2D eigenvalue weighted by Gasteiger charge is 2.28. The van der Waals surface area contributed by atoms with Gasteiger partial charge in [0.1, 0.15) is 5.82 Å². The first-order valence-corrected chi connectivity index (χ1v) is 9.01. The lowest BCUT2D eigenvalue weighted by molar-refractivity contribution is 0.275. The normalized spacial score (nSPS) is 17.6. The van der Waals surface area contributed by atoms with Gasteiger partial charge < -0.3 is 5.43 Å². The molecule has 1 N–H and O–H groups in total. The molecule has 0 aliphatic carbocycles. The lowest BCUT2D eigenvalue weighted by atomic mass is 10.1. The minimum Gasteiger partial charge on any atom is -0.301 e. The monoisotopic (exact) mass is 377 g/mol. The van der Waals surface area contributed by atoms with Gasteiger partial charge in [-0.05, 0) is 47.9 Å². The van der Waals surface area contributed by atoms with Gasteiger partial charge in [-0.1, -0.05) is 35.3 Å². The second kappa shape index (κ2) is 6.87. The molecule has 2 aliphatic heterocycles. The molecule has 0 amide bonds. The fraction of sp³-hybridized carbons (Fsp3) is 0.263. The van der Waals surface area contributed by atoms with Gasteiger partial charge in [0.2, 0.25) is 0 Å². The van der Waals surface area contributed by atoms with Gasteiger partial charge in [0.05, 0.1) is 12.2 Å². The molecule has 0 radical (unpaired) electrons. The molecule has 3 nitrogen and oxygen atoms in total. The fourth-order valence-electron chi connectivity index (χ4n) is 3.41. The van der Waals surface area contributed by atoms with Crippen LogP contribution in [0.1, 0.15) is 12.0 Å². The number of halogens is 3. The van der Waals surface area contributed by atoms with Crippen LogP contribution in [-0.4, -0.2) is 24.5 Å². The maximum atomic E-state index is 14.2. The maximum absolute atomic E-state index is 14.2. The Kier molecular flexibility index (Phi) is 4.59. The van der Waals surface area contributed by atoms with Crippen molar-refractivity contribution >= 4 is 28.9 Å². The van der Waals surface area contributed by atoms with E-state index < -0.39 is 0 Å². The van der Waals surface area contributed by atoms with Crippen LogP contribution in [0.25, 0.3) is 0 Å². The number of hydrazine groups is 1. The van der Waals surface area contributed by atoms with Crippen molar-refractivity contribution in [2.75, 3.05) is 24.6 Å². The molecule has 0 atom stereocenters. The summed E-state index contributed by atoms with van der Waals surface area (Å²) in [4.78, 5) is 2.37. The largest absolute Gasteiger partial charge is 0.301 e. The Morgan fingerprint density at radius 1 is 1.04 bits per heavy atom. The molecule has 0 saturated heterocycles. The zero-order chi connectivity index (χ0) is 17.4.